The number of aliphatic carboxylic acids is 3. The summed E-state index contributed by atoms with van der Waals surface area (Å²) in [5.41, 5.74) is 0.622. The van der Waals surface area contributed by atoms with Gasteiger partial charge in [0.1, 0.15) is 0 Å². The van der Waals surface area contributed by atoms with Crippen LogP contribution in [0.1, 0.15) is 88.4 Å². The van der Waals surface area contributed by atoms with Gasteiger partial charge < -0.3 is 20.1 Å². The molecule has 1 rings (SSSR count). The number of methoxy groups -OCH3 is 1. The van der Waals surface area contributed by atoms with Crippen molar-refractivity contribution >= 4 is 35.6 Å². The number of hydrogen-bond donors (Lipinski definition) is 3. The fourth-order valence-electron chi connectivity index (χ4n) is 4.59. The van der Waals surface area contributed by atoms with Crippen molar-refractivity contribution in [2.24, 2.45) is 17.8 Å². The number of carbonyl (C=O) groups is 4. The number of carbonyl (C=O) groups excluding carboxylic acids is 1. The Kier molecular flexibility index (Phi) is 16.4. The number of thioether (sulfide) groups is 1. The molecule has 0 saturated carbocycles. The standard InChI is InChI=1S/C28H42O8S/c1-3-4-5-6-7-8-9-10-11-15-18-37-25(20-16-13-12-14-17-20)24(27(33)34)23(26(31)32)21(19-22(29)30)28(35)36-2/h12-14,16-17,21,23-25H,3-11,15,18-19H2,1-2H3,(H,29,30)(H,31,32)(H,33,34). The number of unbranched alkanes of at least 4 members (excludes halogenated alkanes) is 9. The van der Waals surface area contributed by atoms with Gasteiger partial charge in [-0.05, 0) is 17.7 Å². The highest BCUT2D eigenvalue weighted by molar-refractivity contribution is 7.99. The van der Waals surface area contributed by atoms with E-state index in [4.69, 9.17) is 0 Å². The monoisotopic (exact) mass is 538 g/mol. The summed E-state index contributed by atoms with van der Waals surface area (Å²) in [5, 5.41) is 28.7. The summed E-state index contributed by atoms with van der Waals surface area (Å²) in [5.74, 6) is -9.70. The van der Waals surface area contributed by atoms with Gasteiger partial charge in [-0.3, -0.25) is 19.2 Å². The van der Waals surface area contributed by atoms with Gasteiger partial charge in [0.2, 0.25) is 0 Å². The van der Waals surface area contributed by atoms with Crippen LogP contribution in [0.5, 0.6) is 0 Å². The van der Waals surface area contributed by atoms with Crippen molar-refractivity contribution in [3.63, 3.8) is 0 Å². The number of carboxylic acids is 3. The molecule has 1 aromatic carbocycles. The van der Waals surface area contributed by atoms with Gasteiger partial charge in [-0.2, -0.15) is 11.8 Å². The third-order valence-electron chi connectivity index (χ3n) is 6.54. The Morgan fingerprint density at radius 1 is 0.784 bits per heavy atom. The molecule has 4 unspecified atom stereocenters. The van der Waals surface area contributed by atoms with Gasteiger partial charge in [0.15, 0.2) is 0 Å². The minimum Gasteiger partial charge on any atom is -0.481 e. The maximum Gasteiger partial charge on any atom is 0.310 e. The van der Waals surface area contributed by atoms with Crippen LogP contribution in [0.3, 0.4) is 0 Å². The minimum atomic E-state index is -1.77. The van der Waals surface area contributed by atoms with Crippen LogP contribution in [0.15, 0.2) is 30.3 Å². The topological polar surface area (TPSA) is 138 Å². The zero-order valence-electron chi connectivity index (χ0n) is 22.0. The molecule has 0 amide bonds. The lowest BCUT2D eigenvalue weighted by atomic mass is 9.76. The van der Waals surface area contributed by atoms with E-state index < -0.39 is 53.3 Å². The number of carboxylic acid groups (broad SMARTS) is 3. The van der Waals surface area contributed by atoms with Gasteiger partial charge >= 0.3 is 23.9 Å². The second-order valence-corrected chi connectivity index (χ2v) is 10.6. The van der Waals surface area contributed by atoms with Gasteiger partial charge in [0, 0.05) is 5.25 Å². The molecule has 4 atom stereocenters. The molecule has 0 aliphatic rings. The van der Waals surface area contributed by atoms with E-state index in [2.05, 4.69) is 11.7 Å². The molecule has 8 nitrogen and oxygen atoms in total. The van der Waals surface area contributed by atoms with Crippen molar-refractivity contribution in [1.82, 2.24) is 0 Å². The van der Waals surface area contributed by atoms with E-state index in [0.717, 1.165) is 32.8 Å². The average molecular weight is 539 g/mol. The van der Waals surface area contributed by atoms with Crippen LogP contribution in [-0.2, 0) is 23.9 Å². The first-order valence-corrected chi connectivity index (χ1v) is 14.2. The molecule has 0 saturated heterocycles. The predicted molar refractivity (Wildman–Crippen MR) is 143 cm³/mol. The van der Waals surface area contributed by atoms with E-state index in [1.54, 1.807) is 30.3 Å². The lowest BCUT2D eigenvalue weighted by Gasteiger charge is -2.32. The maximum absolute atomic E-state index is 12.5. The van der Waals surface area contributed by atoms with Crippen LogP contribution >= 0.6 is 11.8 Å². The molecule has 1 aromatic rings. The predicted octanol–water partition coefficient (Wildman–Crippen LogP) is 6.05. The minimum absolute atomic E-state index is 0.619. The van der Waals surface area contributed by atoms with Crippen LogP contribution in [0.2, 0.25) is 0 Å². The van der Waals surface area contributed by atoms with Crippen molar-refractivity contribution in [1.29, 1.82) is 0 Å². The molecule has 0 aliphatic heterocycles. The molecule has 0 bridgehead atoms. The van der Waals surface area contributed by atoms with Gasteiger partial charge in [0.05, 0.1) is 31.3 Å². The molecular formula is C28H42O8S. The Morgan fingerprint density at radius 2 is 1.30 bits per heavy atom. The Bertz CT molecular complexity index is 829. The van der Waals surface area contributed by atoms with E-state index in [-0.39, 0.29) is 0 Å². The van der Waals surface area contributed by atoms with E-state index in [1.807, 2.05) is 0 Å². The lowest BCUT2D eigenvalue weighted by Crippen LogP contribution is -2.42. The lowest BCUT2D eigenvalue weighted by molar-refractivity contribution is -0.165. The van der Waals surface area contributed by atoms with E-state index in [9.17, 15) is 34.5 Å². The molecule has 9 heteroatoms. The fourth-order valence-corrected chi connectivity index (χ4v) is 6.06. The highest BCUT2D eigenvalue weighted by Gasteiger charge is 2.48. The Hall–Kier alpha value is -2.55. The van der Waals surface area contributed by atoms with E-state index >= 15 is 0 Å². The van der Waals surface area contributed by atoms with Crippen LogP contribution in [0.25, 0.3) is 0 Å². The Labute approximate surface area is 224 Å². The summed E-state index contributed by atoms with van der Waals surface area (Å²) in [6, 6.07) is 8.73. The average Bonchev–Trinajstić information content (AvgIpc) is 2.87. The van der Waals surface area contributed by atoms with Crippen molar-refractivity contribution < 1.29 is 39.2 Å². The highest BCUT2D eigenvalue weighted by atomic mass is 32.2. The van der Waals surface area contributed by atoms with E-state index in [1.165, 1.54) is 50.3 Å². The van der Waals surface area contributed by atoms with Crippen molar-refractivity contribution in [3.8, 4) is 0 Å². The first-order chi connectivity index (χ1) is 17.7. The number of esters is 1. The number of benzene rings is 1. The van der Waals surface area contributed by atoms with Crippen molar-refractivity contribution in [3.05, 3.63) is 35.9 Å². The molecule has 0 aromatic heterocycles. The zero-order chi connectivity index (χ0) is 27.6. The fraction of sp³-hybridized carbons (Fsp3) is 0.643. The van der Waals surface area contributed by atoms with Gasteiger partial charge in [-0.15, -0.1) is 0 Å². The molecular weight excluding hydrogens is 496 g/mol. The molecule has 0 heterocycles. The SMILES string of the molecule is CCCCCCCCCCCCSC(c1ccccc1)C(C(=O)O)C(C(=O)O)C(CC(=O)O)C(=O)OC. The van der Waals surface area contributed by atoms with Crippen LogP contribution in [0.4, 0.5) is 0 Å². The quantitative estimate of drug-likeness (QED) is 0.126. The largest absolute Gasteiger partial charge is 0.481 e. The van der Waals surface area contributed by atoms with Gasteiger partial charge in [-0.25, -0.2) is 0 Å². The van der Waals surface area contributed by atoms with Crippen LogP contribution in [-0.4, -0.2) is 52.1 Å². The second-order valence-electron chi connectivity index (χ2n) is 9.34. The van der Waals surface area contributed by atoms with Gasteiger partial charge in [0.25, 0.3) is 0 Å². The molecule has 208 valence electrons. The molecule has 37 heavy (non-hydrogen) atoms. The third kappa shape index (κ3) is 12.0. The summed E-state index contributed by atoms with van der Waals surface area (Å²) in [7, 11) is 1.03. The molecule has 0 aliphatic carbocycles. The zero-order valence-corrected chi connectivity index (χ0v) is 22.8. The summed E-state index contributed by atoms with van der Waals surface area (Å²) in [6.07, 6.45) is 10.8. The van der Waals surface area contributed by atoms with Crippen LogP contribution in [0, 0.1) is 17.8 Å². The van der Waals surface area contributed by atoms with Crippen molar-refractivity contribution in [2.75, 3.05) is 12.9 Å². The van der Waals surface area contributed by atoms with Crippen molar-refractivity contribution in [2.45, 2.75) is 82.8 Å². The highest BCUT2D eigenvalue weighted by Crippen LogP contribution is 2.43. The molecule has 3 N–H and O–H groups in total. The summed E-state index contributed by atoms with van der Waals surface area (Å²) in [4.78, 5) is 48.6. The third-order valence-corrected chi connectivity index (χ3v) is 7.99. The van der Waals surface area contributed by atoms with Crippen LogP contribution < -0.4 is 0 Å². The van der Waals surface area contributed by atoms with Gasteiger partial charge in [-0.1, -0.05) is 95.0 Å². The van der Waals surface area contributed by atoms with E-state index in [0.29, 0.717) is 11.3 Å². The molecule has 0 radical (unpaired) electrons. The first kappa shape index (κ1) is 32.5. The number of rotatable bonds is 21. The summed E-state index contributed by atoms with van der Waals surface area (Å²) >= 11 is 1.35. The number of ether oxygens (including phenoxy) is 1. The maximum atomic E-state index is 12.5. The second kappa shape index (κ2) is 18.7. The Morgan fingerprint density at radius 3 is 1.76 bits per heavy atom. The first-order valence-electron chi connectivity index (χ1n) is 13.2. The molecule has 0 fully saturated rings. The summed E-state index contributed by atoms with van der Waals surface area (Å²) in [6.45, 7) is 2.20. The smallest absolute Gasteiger partial charge is 0.310 e. The summed E-state index contributed by atoms with van der Waals surface area (Å²) < 4.78 is 4.67. The normalized spacial score (nSPS) is 14.3. The number of hydrogen-bond acceptors (Lipinski definition) is 6. The Balaban J connectivity index is 2.97. The molecule has 0 spiro atoms.